The highest BCUT2D eigenvalue weighted by atomic mass is 35.5. The zero-order valence-corrected chi connectivity index (χ0v) is 25.6. The molecule has 2 heterocycles. The van der Waals surface area contributed by atoms with Crippen LogP contribution in [-0.4, -0.2) is 66.4 Å². The molecule has 0 fully saturated rings. The van der Waals surface area contributed by atoms with Crippen molar-refractivity contribution < 1.29 is 33.7 Å². The number of hydrogen-bond donors (Lipinski definition) is 1. The molecule has 16 heteroatoms. The van der Waals surface area contributed by atoms with Crippen LogP contribution in [0.3, 0.4) is 0 Å². The van der Waals surface area contributed by atoms with E-state index in [1.165, 1.54) is 13.8 Å². The van der Waals surface area contributed by atoms with Gasteiger partial charge >= 0.3 is 12.1 Å². The Morgan fingerprint density at radius 3 is 2.49 bits per heavy atom. The van der Waals surface area contributed by atoms with Gasteiger partial charge in [0.2, 0.25) is 12.1 Å². The quantitative estimate of drug-likeness (QED) is 0.0753. The summed E-state index contributed by atoms with van der Waals surface area (Å²) in [4.78, 5) is 44.4. The average molecular weight is 642 g/mol. The first-order valence-corrected chi connectivity index (χ1v) is 14.6. The maximum atomic E-state index is 13.3. The van der Waals surface area contributed by atoms with Crippen LogP contribution in [0.5, 0.6) is 0 Å². The fourth-order valence-electron chi connectivity index (χ4n) is 4.44. The van der Waals surface area contributed by atoms with Gasteiger partial charge < -0.3 is 23.6 Å². The van der Waals surface area contributed by atoms with Crippen molar-refractivity contribution in [2.45, 2.75) is 65.4 Å². The monoisotopic (exact) mass is 641 g/mol. The first-order valence-electron chi connectivity index (χ1n) is 14.2. The fraction of sp³-hybridized carbons (Fsp3) is 0.379. The van der Waals surface area contributed by atoms with E-state index in [1.54, 1.807) is 4.57 Å². The molecule has 2 atom stereocenters. The molecule has 238 valence electrons. The number of esters is 1. The summed E-state index contributed by atoms with van der Waals surface area (Å²) in [7, 11) is 0. The molecule has 2 aromatic heterocycles. The normalized spacial score (nSPS) is 12.3. The number of H-pyrrole nitrogens is 1. The molecule has 0 bridgehead atoms. The number of aryl methyl sites for hydroxylation is 1. The lowest BCUT2D eigenvalue weighted by Gasteiger charge is -2.16. The van der Waals surface area contributed by atoms with E-state index in [0.29, 0.717) is 18.1 Å². The van der Waals surface area contributed by atoms with Crippen molar-refractivity contribution in [1.82, 2.24) is 30.2 Å². The zero-order valence-electron chi connectivity index (χ0n) is 24.8. The second-order valence-corrected chi connectivity index (χ2v) is 10.3. The molecule has 15 nitrogen and oxygen atoms in total. The number of unbranched alkanes of at least 4 members (excludes halogenated alkanes) is 1. The molecular formula is C29H32ClN7O8. The van der Waals surface area contributed by atoms with Crippen LogP contribution in [-0.2, 0) is 32.0 Å². The van der Waals surface area contributed by atoms with E-state index in [0.717, 1.165) is 35.1 Å². The van der Waals surface area contributed by atoms with Crippen molar-refractivity contribution in [1.29, 1.82) is 0 Å². The summed E-state index contributed by atoms with van der Waals surface area (Å²) in [6.07, 6.45) is -0.853. The number of ether oxygens (including phenoxy) is 3. The van der Waals surface area contributed by atoms with Gasteiger partial charge in [-0.05, 0) is 35.2 Å². The van der Waals surface area contributed by atoms with Crippen LogP contribution in [0.4, 0.5) is 4.79 Å². The standard InChI is InChI=1S/C29H32ClN7O8/c1-4-5-10-24-31-26(30)25(28(38)43-19(3)44-29(39)42-16-15-18(2)45-37(40)41)36(24)17-20-11-13-21(14-12-20)22-8-6-7-9-23(22)27-32-34-35-33-27/h6-9,11-14,18-19H,4-5,10,15-17H2,1-3H3,(H,32,33,34,35)/t18-,19?/m0/s1. The second kappa shape index (κ2) is 15.6. The number of carbonyl (C=O) groups is 2. The summed E-state index contributed by atoms with van der Waals surface area (Å²) in [5.74, 6) is 0.253. The van der Waals surface area contributed by atoms with Crippen molar-refractivity contribution >= 4 is 23.7 Å². The third-order valence-electron chi connectivity index (χ3n) is 6.62. The van der Waals surface area contributed by atoms with Gasteiger partial charge in [-0.1, -0.05) is 73.5 Å². The number of carbonyl (C=O) groups excluding carboxylic acids is 2. The molecule has 0 radical (unpaired) electrons. The SMILES string of the molecule is CCCCc1nc(Cl)c(C(=O)OC(C)OC(=O)OCC[C@H](C)O[N+](=O)[O-])n1Cc1ccc(-c2ccccc2-c2nn[nH]n2)cc1. The summed E-state index contributed by atoms with van der Waals surface area (Å²) in [5, 5.41) is 23.7. The van der Waals surface area contributed by atoms with Gasteiger partial charge in [0.25, 0.3) is 5.09 Å². The number of aromatic amines is 1. The van der Waals surface area contributed by atoms with Gasteiger partial charge in [-0.25, -0.2) is 14.6 Å². The van der Waals surface area contributed by atoms with Crippen LogP contribution in [0.1, 0.15) is 61.9 Å². The molecule has 2 aromatic carbocycles. The molecule has 1 unspecified atom stereocenters. The first kappa shape index (κ1) is 32.9. The van der Waals surface area contributed by atoms with Gasteiger partial charge in [0.15, 0.2) is 10.8 Å². The number of rotatable bonds is 15. The largest absolute Gasteiger partial charge is 0.511 e. The van der Waals surface area contributed by atoms with E-state index >= 15 is 0 Å². The number of imidazole rings is 1. The van der Waals surface area contributed by atoms with Crippen LogP contribution >= 0.6 is 11.6 Å². The van der Waals surface area contributed by atoms with E-state index in [2.05, 4.69) is 30.4 Å². The highest BCUT2D eigenvalue weighted by molar-refractivity contribution is 6.32. The smallest absolute Gasteiger partial charge is 0.434 e. The van der Waals surface area contributed by atoms with Gasteiger partial charge in [-0.3, -0.25) is 0 Å². The highest BCUT2D eigenvalue weighted by Gasteiger charge is 2.26. The number of aromatic nitrogens is 6. The molecule has 4 aromatic rings. The van der Waals surface area contributed by atoms with Crippen molar-refractivity contribution in [2.24, 2.45) is 0 Å². The van der Waals surface area contributed by atoms with E-state index in [-0.39, 0.29) is 30.4 Å². The topological polar surface area (TPSA) is 186 Å². The highest BCUT2D eigenvalue weighted by Crippen LogP contribution is 2.30. The number of tetrazole rings is 1. The number of hydrogen-bond acceptors (Lipinski definition) is 12. The predicted octanol–water partition coefficient (Wildman–Crippen LogP) is 5.42. The summed E-state index contributed by atoms with van der Waals surface area (Å²) in [6.45, 7) is 4.92. The summed E-state index contributed by atoms with van der Waals surface area (Å²) >= 11 is 6.44. The number of benzene rings is 2. The Hall–Kier alpha value is -5.05. The lowest BCUT2D eigenvalue weighted by Crippen LogP contribution is -2.25. The van der Waals surface area contributed by atoms with Crippen LogP contribution in [0.2, 0.25) is 5.15 Å². The Balaban J connectivity index is 1.46. The maximum Gasteiger partial charge on any atom is 0.511 e. The van der Waals surface area contributed by atoms with E-state index < -0.39 is 29.6 Å². The maximum absolute atomic E-state index is 13.3. The number of halogens is 1. The van der Waals surface area contributed by atoms with Gasteiger partial charge in [0, 0.05) is 31.9 Å². The minimum absolute atomic E-state index is 0.0175. The molecule has 45 heavy (non-hydrogen) atoms. The van der Waals surface area contributed by atoms with Crippen LogP contribution in [0.15, 0.2) is 48.5 Å². The minimum atomic E-state index is -1.32. The van der Waals surface area contributed by atoms with Gasteiger partial charge in [0.05, 0.1) is 6.61 Å². The van der Waals surface area contributed by atoms with E-state index in [9.17, 15) is 19.7 Å². The van der Waals surface area contributed by atoms with Gasteiger partial charge in [0.1, 0.15) is 11.9 Å². The summed E-state index contributed by atoms with van der Waals surface area (Å²) in [6, 6.07) is 15.5. The van der Waals surface area contributed by atoms with Crippen LogP contribution < -0.4 is 0 Å². The molecule has 0 saturated heterocycles. The predicted molar refractivity (Wildman–Crippen MR) is 159 cm³/mol. The molecular weight excluding hydrogens is 610 g/mol. The van der Waals surface area contributed by atoms with Crippen LogP contribution in [0, 0.1) is 10.1 Å². The lowest BCUT2D eigenvalue weighted by molar-refractivity contribution is -0.767. The van der Waals surface area contributed by atoms with Crippen molar-refractivity contribution in [3.63, 3.8) is 0 Å². The van der Waals surface area contributed by atoms with Crippen molar-refractivity contribution in [3.05, 3.63) is 80.9 Å². The van der Waals surface area contributed by atoms with Crippen LogP contribution in [0.25, 0.3) is 22.5 Å². The van der Waals surface area contributed by atoms with Crippen molar-refractivity contribution in [3.8, 4) is 22.5 Å². The Labute approximate surface area is 262 Å². The zero-order chi connectivity index (χ0) is 32.3. The van der Waals surface area contributed by atoms with Gasteiger partial charge in [-0.15, -0.1) is 20.3 Å². The average Bonchev–Trinajstić information content (AvgIpc) is 3.64. The number of nitrogens with one attached hydrogen (secondary N) is 1. The third kappa shape index (κ3) is 8.98. The Bertz CT molecular complexity index is 1590. The Kier molecular flexibility index (Phi) is 11.4. The summed E-state index contributed by atoms with van der Waals surface area (Å²) < 4.78 is 16.9. The molecule has 0 aliphatic heterocycles. The minimum Gasteiger partial charge on any atom is -0.434 e. The Morgan fingerprint density at radius 2 is 1.82 bits per heavy atom. The fourth-order valence-corrected chi connectivity index (χ4v) is 4.72. The molecule has 4 rings (SSSR count). The Morgan fingerprint density at radius 1 is 1.09 bits per heavy atom. The summed E-state index contributed by atoms with van der Waals surface area (Å²) in [5.41, 5.74) is 3.58. The van der Waals surface area contributed by atoms with E-state index in [4.69, 9.17) is 25.8 Å². The molecule has 1 N–H and O–H groups in total. The molecule has 0 spiro atoms. The van der Waals surface area contributed by atoms with Crippen molar-refractivity contribution in [2.75, 3.05) is 6.61 Å². The molecule has 0 aliphatic carbocycles. The molecule has 0 saturated carbocycles. The van der Waals surface area contributed by atoms with E-state index in [1.807, 2.05) is 55.5 Å². The lowest BCUT2D eigenvalue weighted by atomic mass is 9.98. The third-order valence-corrected chi connectivity index (χ3v) is 6.88. The number of nitrogens with zero attached hydrogens (tertiary/aromatic N) is 6. The molecule has 0 aliphatic rings. The molecule has 0 amide bonds. The first-order chi connectivity index (χ1) is 21.7. The second-order valence-electron chi connectivity index (χ2n) is 9.95. The van der Waals surface area contributed by atoms with Gasteiger partial charge in [-0.2, -0.15) is 5.21 Å².